The number of anilines is 3. The van der Waals surface area contributed by atoms with E-state index in [2.05, 4.69) is 27.5 Å². The molecule has 0 saturated carbocycles. The Morgan fingerprint density at radius 2 is 1.95 bits per heavy atom. The molecular weight excluding hydrogens is 255 g/mol. The van der Waals surface area contributed by atoms with E-state index >= 15 is 0 Å². The lowest BCUT2D eigenvalue weighted by molar-refractivity contribution is 0.619. The van der Waals surface area contributed by atoms with Crippen molar-refractivity contribution in [2.75, 3.05) is 17.7 Å². The van der Waals surface area contributed by atoms with Gasteiger partial charge >= 0.3 is 0 Å². The van der Waals surface area contributed by atoms with Crippen LogP contribution in [0.2, 0.25) is 0 Å². The maximum atomic E-state index is 13.6. The Balaban J connectivity index is 2.34. The van der Waals surface area contributed by atoms with Crippen molar-refractivity contribution in [1.29, 1.82) is 0 Å². The number of aryl methyl sites for hydroxylation is 1. The number of aromatic nitrogens is 2. The lowest BCUT2D eigenvalue weighted by atomic mass is 10.1. The Labute approximate surface area is 118 Å². The van der Waals surface area contributed by atoms with E-state index < -0.39 is 0 Å². The predicted molar refractivity (Wildman–Crippen MR) is 80.0 cm³/mol. The number of nitrogens with zero attached hydrogens (tertiary/aromatic N) is 2. The Kier molecular flexibility index (Phi) is 4.50. The van der Waals surface area contributed by atoms with Gasteiger partial charge in [0.15, 0.2) is 0 Å². The van der Waals surface area contributed by atoms with Gasteiger partial charge in [-0.25, -0.2) is 14.4 Å². The van der Waals surface area contributed by atoms with Crippen LogP contribution in [0, 0.1) is 12.7 Å². The standard InChI is InChI=1S/C15H19FN4/c1-4-5-12-14(17-3)18-9-19-15(12)20-11-7-6-10(2)13(16)8-11/h6-9H,4-5H2,1-3H3,(H2,17,18,19,20). The fourth-order valence-electron chi connectivity index (χ4n) is 2.03. The molecule has 20 heavy (non-hydrogen) atoms. The molecule has 0 unspecified atom stereocenters. The quantitative estimate of drug-likeness (QED) is 0.873. The Bertz CT molecular complexity index is 598. The Morgan fingerprint density at radius 1 is 1.20 bits per heavy atom. The molecule has 0 aliphatic rings. The van der Waals surface area contributed by atoms with E-state index in [-0.39, 0.29) is 5.82 Å². The highest BCUT2D eigenvalue weighted by molar-refractivity contribution is 5.65. The molecule has 106 valence electrons. The molecule has 1 aromatic heterocycles. The van der Waals surface area contributed by atoms with Crippen LogP contribution >= 0.6 is 0 Å². The summed E-state index contributed by atoms with van der Waals surface area (Å²) in [5.41, 5.74) is 2.33. The van der Waals surface area contributed by atoms with E-state index in [1.807, 2.05) is 13.1 Å². The number of rotatable bonds is 5. The van der Waals surface area contributed by atoms with Crippen LogP contribution in [0.4, 0.5) is 21.7 Å². The van der Waals surface area contributed by atoms with Crippen molar-refractivity contribution in [3.63, 3.8) is 0 Å². The molecule has 1 aromatic carbocycles. The van der Waals surface area contributed by atoms with Crippen molar-refractivity contribution in [1.82, 2.24) is 9.97 Å². The van der Waals surface area contributed by atoms with E-state index in [4.69, 9.17) is 0 Å². The molecule has 5 heteroatoms. The molecule has 1 heterocycles. The molecule has 2 aromatic rings. The lowest BCUT2D eigenvalue weighted by Crippen LogP contribution is -2.05. The molecule has 2 rings (SSSR count). The first-order valence-electron chi connectivity index (χ1n) is 6.70. The molecule has 4 nitrogen and oxygen atoms in total. The van der Waals surface area contributed by atoms with Gasteiger partial charge in [0.05, 0.1) is 0 Å². The third kappa shape index (κ3) is 3.04. The van der Waals surface area contributed by atoms with Crippen molar-refractivity contribution >= 4 is 17.3 Å². The average molecular weight is 274 g/mol. The summed E-state index contributed by atoms with van der Waals surface area (Å²) in [6, 6.07) is 5.07. The molecular formula is C15H19FN4. The van der Waals surface area contributed by atoms with Crippen molar-refractivity contribution < 1.29 is 4.39 Å². The zero-order valence-corrected chi connectivity index (χ0v) is 12.0. The zero-order chi connectivity index (χ0) is 14.5. The van der Waals surface area contributed by atoms with E-state index in [0.29, 0.717) is 11.3 Å². The third-order valence-electron chi connectivity index (χ3n) is 3.12. The minimum atomic E-state index is -0.227. The second-order valence-electron chi connectivity index (χ2n) is 4.64. The summed E-state index contributed by atoms with van der Waals surface area (Å²) >= 11 is 0. The van der Waals surface area contributed by atoms with Gasteiger partial charge in [0.2, 0.25) is 0 Å². The molecule has 0 saturated heterocycles. The number of hydrogen-bond acceptors (Lipinski definition) is 4. The van der Waals surface area contributed by atoms with Gasteiger partial charge in [-0.15, -0.1) is 0 Å². The molecule has 0 fully saturated rings. The molecule has 0 spiro atoms. The molecule has 0 atom stereocenters. The summed E-state index contributed by atoms with van der Waals surface area (Å²) in [6.07, 6.45) is 3.34. The first kappa shape index (κ1) is 14.2. The lowest BCUT2D eigenvalue weighted by Gasteiger charge is -2.14. The highest BCUT2D eigenvalue weighted by Crippen LogP contribution is 2.25. The van der Waals surface area contributed by atoms with Crippen LogP contribution in [0.25, 0.3) is 0 Å². The highest BCUT2D eigenvalue weighted by Gasteiger charge is 2.10. The van der Waals surface area contributed by atoms with Crippen LogP contribution in [0.1, 0.15) is 24.5 Å². The first-order chi connectivity index (χ1) is 9.65. The zero-order valence-electron chi connectivity index (χ0n) is 12.0. The number of benzene rings is 1. The fourth-order valence-corrected chi connectivity index (χ4v) is 2.03. The fraction of sp³-hybridized carbons (Fsp3) is 0.333. The number of halogens is 1. The van der Waals surface area contributed by atoms with E-state index in [9.17, 15) is 4.39 Å². The Hall–Kier alpha value is -2.17. The van der Waals surface area contributed by atoms with Crippen LogP contribution < -0.4 is 10.6 Å². The van der Waals surface area contributed by atoms with Crippen molar-refractivity contribution in [3.8, 4) is 0 Å². The second kappa shape index (κ2) is 6.32. The molecule has 0 aliphatic carbocycles. The van der Waals surface area contributed by atoms with Crippen LogP contribution in [0.15, 0.2) is 24.5 Å². The Morgan fingerprint density at radius 3 is 2.60 bits per heavy atom. The summed E-state index contributed by atoms with van der Waals surface area (Å²) in [6.45, 7) is 3.84. The van der Waals surface area contributed by atoms with Gasteiger partial charge in [-0.3, -0.25) is 0 Å². The van der Waals surface area contributed by atoms with Gasteiger partial charge in [0, 0.05) is 18.3 Å². The van der Waals surface area contributed by atoms with Crippen molar-refractivity contribution in [2.24, 2.45) is 0 Å². The predicted octanol–water partition coefficient (Wildman–Crippen LogP) is 3.66. The monoisotopic (exact) mass is 274 g/mol. The van der Waals surface area contributed by atoms with Gasteiger partial charge in [-0.1, -0.05) is 19.4 Å². The average Bonchev–Trinajstić information content (AvgIpc) is 2.45. The van der Waals surface area contributed by atoms with E-state index in [0.717, 1.165) is 30.0 Å². The summed E-state index contributed by atoms with van der Waals surface area (Å²) in [4.78, 5) is 8.48. The molecule has 0 amide bonds. The summed E-state index contributed by atoms with van der Waals surface area (Å²) in [5.74, 6) is 1.29. The van der Waals surface area contributed by atoms with Crippen LogP contribution in [-0.4, -0.2) is 17.0 Å². The van der Waals surface area contributed by atoms with Gasteiger partial charge < -0.3 is 10.6 Å². The minimum absolute atomic E-state index is 0.227. The van der Waals surface area contributed by atoms with E-state index in [1.54, 1.807) is 13.0 Å². The van der Waals surface area contributed by atoms with Crippen LogP contribution in [-0.2, 0) is 6.42 Å². The van der Waals surface area contributed by atoms with Gasteiger partial charge in [-0.05, 0) is 31.0 Å². The molecule has 0 bridgehead atoms. The minimum Gasteiger partial charge on any atom is -0.373 e. The smallest absolute Gasteiger partial charge is 0.139 e. The van der Waals surface area contributed by atoms with Gasteiger partial charge in [-0.2, -0.15) is 0 Å². The first-order valence-corrected chi connectivity index (χ1v) is 6.70. The van der Waals surface area contributed by atoms with Crippen molar-refractivity contribution in [2.45, 2.75) is 26.7 Å². The maximum absolute atomic E-state index is 13.6. The molecule has 0 aliphatic heterocycles. The highest BCUT2D eigenvalue weighted by atomic mass is 19.1. The molecule has 0 radical (unpaired) electrons. The van der Waals surface area contributed by atoms with Crippen LogP contribution in [0.3, 0.4) is 0 Å². The number of hydrogen-bond donors (Lipinski definition) is 2. The third-order valence-corrected chi connectivity index (χ3v) is 3.12. The maximum Gasteiger partial charge on any atom is 0.139 e. The van der Waals surface area contributed by atoms with Crippen molar-refractivity contribution in [3.05, 3.63) is 41.5 Å². The largest absolute Gasteiger partial charge is 0.373 e. The van der Waals surface area contributed by atoms with Gasteiger partial charge in [0.1, 0.15) is 23.8 Å². The summed E-state index contributed by atoms with van der Waals surface area (Å²) in [5, 5.41) is 6.23. The van der Waals surface area contributed by atoms with Crippen LogP contribution in [0.5, 0.6) is 0 Å². The summed E-state index contributed by atoms with van der Waals surface area (Å²) < 4.78 is 13.6. The number of nitrogens with one attached hydrogen (secondary N) is 2. The van der Waals surface area contributed by atoms with Gasteiger partial charge in [0.25, 0.3) is 0 Å². The topological polar surface area (TPSA) is 49.8 Å². The second-order valence-corrected chi connectivity index (χ2v) is 4.64. The summed E-state index contributed by atoms with van der Waals surface area (Å²) in [7, 11) is 1.83. The normalized spacial score (nSPS) is 10.4. The molecule has 2 N–H and O–H groups in total. The van der Waals surface area contributed by atoms with E-state index in [1.165, 1.54) is 12.4 Å². The SMILES string of the molecule is CCCc1c(NC)ncnc1Nc1ccc(C)c(F)c1.